The summed E-state index contributed by atoms with van der Waals surface area (Å²) in [7, 11) is -3.72. The molecule has 3 aromatic rings. The van der Waals surface area contributed by atoms with E-state index in [-0.39, 0.29) is 28.6 Å². The van der Waals surface area contributed by atoms with Crippen molar-refractivity contribution in [1.82, 2.24) is 19.6 Å². The minimum atomic E-state index is -3.72. The Balaban J connectivity index is 1.44. The van der Waals surface area contributed by atoms with E-state index >= 15 is 0 Å². The minimum absolute atomic E-state index is 0.0394. The summed E-state index contributed by atoms with van der Waals surface area (Å²) in [6.45, 7) is 1.60. The van der Waals surface area contributed by atoms with Gasteiger partial charge in [-0.05, 0) is 29.6 Å². The van der Waals surface area contributed by atoms with E-state index in [2.05, 4.69) is 15.3 Å². The molecular weight excluding hydrogens is 460 g/mol. The van der Waals surface area contributed by atoms with Crippen LogP contribution in [-0.4, -0.2) is 61.4 Å². The van der Waals surface area contributed by atoms with Crippen molar-refractivity contribution < 1.29 is 17.9 Å². The molecule has 0 unspecified atom stereocenters. The molecule has 11 heteroatoms. The number of benzene rings is 1. The van der Waals surface area contributed by atoms with Crippen molar-refractivity contribution in [2.75, 3.05) is 32.8 Å². The number of aromatic amines is 1. The standard InChI is InChI=1S/C20H21ClN4O4S2/c21-16-4-3-14(31(27,28)25-7-9-29-10-8-25)12-15(16)20(26)22-6-5-17-19(24-13-23-17)18-2-1-11-30-18/h1-4,11-13H,5-10H2,(H,22,26)(H,23,24). The van der Waals surface area contributed by atoms with E-state index in [0.717, 1.165) is 16.3 Å². The van der Waals surface area contributed by atoms with Crippen molar-refractivity contribution in [3.8, 4) is 10.6 Å². The summed E-state index contributed by atoms with van der Waals surface area (Å²) < 4.78 is 32.3. The van der Waals surface area contributed by atoms with Crippen LogP contribution < -0.4 is 5.32 Å². The molecule has 0 radical (unpaired) electrons. The van der Waals surface area contributed by atoms with Crippen LogP contribution in [0.3, 0.4) is 0 Å². The first kappa shape index (κ1) is 22.0. The smallest absolute Gasteiger partial charge is 0.252 e. The third-order valence-corrected chi connectivity index (χ3v) is 8.02. The maximum atomic E-state index is 12.9. The van der Waals surface area contributed by atoms with Gasteiger partial charge in [-0.1, -0.05) is 17.7 Å². The number of halogens is 1. The Morgan fingerprint density at radius 2 is 2.10 bits per heavy atom. The first-order valence-electron chi connectivity index (χ1n) is 9.68. The number of aromatic nitrogens is 2. The summed E-state index contributed by atoms with van der Waals surface area (Å²) in [5.41, 5.74) is 1.90. The molecule has 1 aliphatic heterocycles. The average molecular weight is 481 g/mol. The summed E-state index contributed by atoms with van der Waals surface area (Å²) >= 11 is 7.79. The van der Waals surface area contributed by atoms with Crippen LogP contribution in [0.5, 0.6) is 0 Å². The van der Waals surface area contributed by atoms with E-state index in [1.807, 2.05) is 17.5 Å². The van der Waals surface area contributed by atoms with Crippen LogP contribution in [-0.2, 0) is 21.2 Å². The van der Waals surface area contributed by atoms with Crippen molar-refractivity contribution in [3.05, 3.63) is 58.3 Å². The lowest BCUT2D eigenvalue weighted by molar-refractivity contribution is 0.0730. The molecule has 0 bridgehead atoms. The summed E-state index contributed by atoms with van der Waals surface area (Å²) in [6.07, 6.45) is 2.17. The van der Waals surface area contributed by atoms with Crippen LogP contribution in [0.1, 0.15) is 16.1 Å². The SMILES string of the molecule is O=C(NCCc1[nH]cnc1-c1cccs1)c1cc(S(=O)(=O)N2CCOCC2)ccc1Cl. The normalized spacial score (nSPS) is 15.1. The number of carbonyl (C=O) groups is 1. The van der Waals surface area contributed by atoms with Gasteiger partial charge in [-0.25, -0.2) is 13.4 Å². The van der Waals surface area contributed by atoms with Crippen molar-refractivity contribution in [3.63, 3.8) is 0 Å². The Bertz CT molecular complexity index is 1160. The number of ether oxygens (including phenoxy) is 1. The predicted molar refractivity (Wildman–Crippen MR) is 119 cm³/mol. The van der Waals surface area contributed by atoms with Crippen LogP contribution in [0.2, 0.25) is 5.02 Å². The summed E-state index contributed by atoms with van der Waals surface area (Å²) in [5, 5.41) is 4.99. The number of sulfonamides is 1. The average Bonchev–Trinajstić information content (AvgIpc) is 3.46. The van der Waals surface area contributed by atoms with Gasteiger partial charge in [0.1, 0.15) is 5.69 Å². The van der Waals surface area contributed by atoms with Gasteiger partial charge in [0.2, 0.25) is 10.0 Å². The molecule has 8 nitrogen and oxygen atoms in total. The van der Waals surface area contributed by atoms with Crippen LogP contribution in [0.25, 0.3) is 10.6 Å². The van der Waals surface area contributed by atoms with Gasteiger partial charge in [-0.15, -0.1) is 11.3 Å². The van der Waals surface area contributed by atoms with Gasteiger partial charge >= 0.3 is 0 Å². The largest absolute Gasteiger partial charge is 0.379 e. The minimum Gasteiger partial charge on any atom is -0.379 e. The molecule has 2 aromatic heterocycles. The second-order valence-electron chi connectivity index (χ2n) is 6.87. The molecule has 0 atom stereocenters. The number of hydrogen-bond donors (Lipinski definition) is 2. The van der Waals surface area contributed by atoms with Gasteiger partial charge in [0.05, 0.1) is 39.9 Å². The highest BCUT2D eigenvalue weighted by Gasteiger charge is 2.27. The quantitative estimate of drug-likeness (QED) is 0.541. The van der Waals surface area contributed by atoms with Gasteiger partial charge in [0.25, 0.3) is 5.91 Å². The number of carbonyl (C=O) groups excluding carboxylic acids is 1. The van der Waals surface area contributed by atoms with E-state index in [4.69, 9.17) is 16.3 Å². The Labute approximate surface area is 189 Å². The zero-order valence-electron chi connectivity index (χ0n) is 16.5. The molecule has 0 aliphatic carbocycles. The second-order valence-corrected chi connectivity index (χ2v) is 10.2. The van der Waals surface area contributed by atoms with Gasteiger partial charge in [-0.3, -0.25) is 4.79 Å². The zero-order valence-corrected chi connectivity index (χ0v) is 18.9. The maximum Gasteiger partial charge on any atom is 0.252 e. The monoisotopic (exact) mass is 480 g/mol. The molecule has 1 aliphatic rings. The maximum absolute atomic E-state index is 12.9. The highest BCUT2D eigenvalue weighted by atomic mass is 35.5. The number of nitrogens with zero attached hydrogens (tertiary/aromatic N) is 2. The lowest BCUT2D eigenvalue weighted by Crippen LogP contribution is -2.40. The van der Waals surface area contributed by atoms with E-state index < -0.39 is 15.9 Å². The van der Waals surface area contributed by atoms with Crippen molar-refractivity contribution in [1.29, 1.82) is 0 Å². The number of imidazole rings is 1. The molecule has 0 saturated carbocycles. The van der Waals surface area contributed by atoms with Gasteiger partial charge in [0.15, 0.2) is 0 Å². The summed E-state index contributed by atoms with van der Waals surface area (Å²) in [6, 6.07) is 8.13. The molecule has 3 heterocycles. The number of H-pyrrole nitrogens is 1. The van der Waals surface area contributed by atoms with E-state index in [1.54, 1.807) is 17.7 Å². The topological polar surface area (TPSA) is 104 Å². The molecule has 1 saturated heterocycles. The fourth-order valence-corrected chi connectivity index (χ4v) is 5.69. The Kier molecular flexibility index (Phi) is 6.73. The highest BCUT2D eigenvalue weighted by molar-refractivity contribution is 7.89. The predicted octanol–water partition coefficient (Wildman–Crippen LogP) is 2.79. The molecule has 1 aromatic carbocycles. The molecule has 164 valence electrons. The highest BCUT2D eigenvalue weighted by Crippen LogP contribution is 2.26. The van der Waals surface area contributed by atoms with Gasteiger partial charge in [0, 0.05) is 31.7 Å². The summed E-state index contributed by atoms with van der Waals surface area (Å²) in [5.74, 6) is -0.429. The van der Waals surface area contributed by atoms with Crippen molar-refractivity contribution in [2.24, 2.45) is 0 Å². The fourth-order valence-electron chi connectivity index (χ4n) is 3.31. The molecular formula is C20H21ClN4O4S2. The van der Waals surface area contributed by atoms with E-state index in [0.29, 0.717) is 26.2 Å². The number of thiophene rings is 1. The summed E-state index contributed by atoms with van der Waals surface area (Å²) in [4.78, 5) is 21.3. The molecule has 1 amide bonds. The Morgan fingerprint density at radius 3 is 2.84 bits per heavy atom. The zero-order chi connectivity index (χ0) is 21.8. The number of hydrogen-bond acceptors (Lipinski definition) is 6. The van der Waals surface area contributed by atoms with E-state index in [1.165, 1.54) is 22.5 Å². The molecule has 1 fully saturated rings. The molecule has 0 spiro atoms. The Morgan fingerprint density at radius 1 is 1.29 bits per heavy atom. The van der Waals surface area contributed by atoms with E-state index in [9.17, 15) is 13.2 Å². The molecule has 4 rings (SSSR count). The number of nitrogens with one attached hydrogen (secondary N) is 2. The fraction of sp³-hybridized carbons (Fsp3) is 0.300. The Hall–Kier alpha value is -2.24. The first-order valence-corrected chi connectivity index (χ1v) is 12.4. The van der Waals surface area contributed by atoms with Crippen molar-refractivity contribution in [2.45, 2.75) is 11.3 Å². The molecule has 2 N–H and O–H groups in total. The van der Waals surface area contributed by atoms with Gasteiger partial charge < -0.3 is 15.0 Å². The number of rotatable bonds is 7. The number of morpholine rings is 1. The molecule has 31 heavy (non-hydrogen) atoms. The lowest BCUT2D eigenvalue weighted by atomic mass is 10.2. The van der Waals surface area contributed by atoms with Crippen molar-refractivity contribution >= 4 is 38.9 Å². The lowest BCUT2D eigenvalue weighted by Gasteiger charge is -2.26. The third-order valence-electron chi connectivity index (χ3n) is 4.92. The first-order chi connectivity index (χ1) is 15.0. The van der Waals surface area contributed by atoms with Gasteiger partial charge in [-0.2, -0.15) is 4.31 Å². The van der Waals surface area contributed by atoms with Crippen LogP contribution in [0.15, 0.2) is 46.9 Å². The van der Waals surface area contributed by atoms with Crippen LogP contribution >= 0.6 is 22.9 Å². The number of amides is 1. The third kappa shape index (κ3) is 4.83. The second kappa shape index (κ2) is 9.49. The van der Waals surface area contributed by atoms with Crippen LogP contribution in [0.4, 0.5) is 0 Å². The van der Waals surface area contributed by atoms with Crippen LogP contribution in [0, 0.1) is 0 Å².